The number of hydrogen-bond donors (Lipinski definition) is 2. The molecule has 0 unspecified atom stereocenters. The molecule has 0 spiro atoms. The number of aryl methyl sites for hydroxylation is 2. The van der Waals surface area contributed by atoms with Gasteiger partial charge in [0.05, 0.1) is 16.8 Å². The molecule has 3 rings (SSSR count). The highest BCUT2D eigenvalue weighted by Gasteiger charge is 2.11. The number of carboxylic acid groups (broad SMARTS) is 1. The summed E-state index contributed by atoms with van der Waals surface area (Å²) in [7, 11) is 0. The van der Waals surface area contributed by atoms with E-state index in [1.807, 2.05) is 32.0 Å². The van der Waals surface area contributed by atoms with Crippen LogP contribution in [0.1, 0.15) is 21.5 Å². The summed E-state index contributed by atoms with van der Waals surface area (Å²) in [6, 6.07) is 15.0. The fourth-order valence-electron chi connectivity index (χ4n) is 2.42. The number of carbonyl (C=O) groups is 1. The van der Waals surface area contributed by atoms with Crippen molar-refractivity contribution in [2.75, 3.05) is 5.32 Å². The minimum absolute atomic E-state index is 0.230. The van der Waals surface area contributed by atoms with Crippen LogP contribution in [0.4, 0.5) is 11.5 Å². The van der Waals surface area contributed by atoms with Crippen LogP contribution >= 0.6 is 0 Å². The van der Waals surface area contributed by atoms with Gasteiger partial charge in [-0.05, 0) is 49.2 Å². The Bertz CT molecular complexity index is 872. The summed E-state index contributed by atoms with van der Waals surface area (Å²) in [5.74, 6) is -0.288. The first-order valence-electron chi connectivity index (χ1n) is 7.02. The van der Waals surface area contributed by atoms with Gasteiger partial charge in [0.1, 0.15) is 5.82 Å². The molecule has 0 saturated carbocycles. The van der Waals surface area contributed by atoms with Gasteiger partial charge in [-0.3, -0.25) is 0 Å². The van der Waals surface area contributed by atoms with Crippen molar-refractivity contribution >= 4 is 28.4 Å². The molecule has 0 aliphatic heterocycles. The van der Waals surface area contributed by atoms with Gasteiger partial charge in [0, 0.05) is 5.39 Å². The van der Waals surface area contributed by atoms with E-state index in [1.165, 1.54) is 0 Å². The van der Waals surface area contributed by atoms with Crippen LogP contribution in [0.5, 0.6) is 0 Å². The van der Waals surface area contributed by atoms with Gasteiger partial charge in [-0.1, -0.05) is 24.3 Å². The molecule has 0 radical (unpaired) electrons. The summed E-state index contributed by atoms with van der Waals surface area (Å²) in [6.07, 6.45) is 0. The summed E-state index contributed by atoms with van der Waals surface area (Å²) < 4.78 is 0. The Labute approximate surface area is 128 Å². The first-order valence-corrected chi connectivity index (χ1v) is 7.02. The molecule has 2 aromatic carbocycles. The largest absolute Gasteiger partial charge is 0.478 e. The van der Waals surface area contributed by atoms with Crippen molar-refractivity contribution in [3.63, 3.8) is 0 Å². The smallest absolute Gasteiger partial charge is 0.337 e. The van der Waals surface area contributed by atoms with Gasteiger partial charge in [0.15, 0.2) is 0 Å². The minimum Gasteiger partial charge on any atom is -0.478 e. The Hall–Kier alpha value is -2.88. The van der Waals surface area contributed by atoms with Gasteiger partial charge < -0.3 is 10.4 Å². The molecule has 1 heterocycles. The second-order valence-corrected chi connectivity index (χ2v) is 5.33. The third-order valence-electron chi connectivity index (χ3n) is 3.57. The van der Waals surface area contributed by atoms with Crippen LogP contribution in [0.15, 0.2) is 48.5 Å². The van der Waals surface area contributed by atoms with E-state index in [0.717, 1.165) is 22.0 Å². The molecular formula is C18H16N2O2. The maximum Gasteiger partial charge on any atom is 0.337 e. The van der Waals surface area contributed by atoms with Crippen LogP contribution in [0.3, 0.4) is 0 Å². The molecule has 4 nitrogen and oxygen atoms in total. The van der Waals surface area contributed by atoms with E-state index in [2.05, 4.69) is 16.4 Å². The van der Waals surface area contributed by atoms with E-state index >= 15 is 0 Å². The fraction of sp³-hybridized carbons (Fsp3) is 0.111. The lowest BCUT2D eigenvalue weighted by Crippen LogP contribution is -2.04. The zero-order valence-corrected chi connectivity index (χ0v) is 12.4. The van der Waals surface area contributed by atoms with E-state index < -0.39 is 5.97 Å². The highest BCUT2D eigenvalue weighted by Crippen LogP contribution is 2.25. The number of para-hydroxylation sites is 1. The number of anilines is 2. The van der Waals surface area contributed by atoms with Crippen molar-refractivity contribution < 1.29 is 9.90 Å². The third-order valence-corrected chi connectivity index (χ3v) is 3.57. The predicted octanol–water partition coefficient (Wildman–Crippen LogP) is 4.29. The van der Waals surface area contributed by atoms with Crippen LogP contribution in [0.2, 0.25) is 0 Å². The average Bonchev–Trinajstić information content (AvgIpc) is 2.49. The molecule has 0 atom stereocenters. The second kappa shape index (κ2) is 5.48. The molecule has 22 heavy (non-hydrogen) atoms. The third kappa shape index (κ3) is 2.63. The predicted molar refractivity (Wildman–Crippen MR) is 87.9 cm³/mol. The monoisotopic (exact) mass is 292 g/mol. The normalized spacial score (nSPS) is 10.6. The molecule has 2 N–H and O–H groups in total. The maximum absolute atomic E-state index is 11.3. The van der Waals surface area contributed by atoms with Gasteiger partial charge in [-0.25, -0.2) is 9.78 Å². The first kappa shape index (κ1) is 14.1. The highest BCUT2D eigenvalue weighted by molar-refractivity contribution is 5.95. The number of hydrogen-bond acceptors (Lipinski definition) is 3. The van der Waals surface area contributed by atoms with E-state index in [1.54, 1.807) is 24.3 Å². The van der Waals surface area contributed by atoms with Crippen LogP contribution in [-0.4, -0.2) is 16.1 Å². The van der Waals surface area contributed by atoms with Gasteiger partial charge >= 0.3 is 5.97 Å². The molecule has 0 aliphatic carbocycles. The summed E-state index contributed by atoms with van der Waals surface area (Å²) in [5.41, 5.74) is 3.77. The Morgan fingerprint density at radius 2 is 1.86 bits per heavy atom. The number of rotatable bonds is 3. The van der Waals surface area contributed by atoms with Crippen molar-refractivity contribution in [3.8, 4) is 0 Å². The molecule has 0 amide bonds. The summed E-state index contributed by atoms with van der Waals surface area (Å²) in [4.78, 5) is 15.9. The lowest BCUT2D eigenvalue weighted by atomic mass is 10.1. The molecule has 0 bridgehead atoms. The van der Waals surface area contributed by atoms with Gasteiger partial charge in [-0.2, -0.15) is 0 Å². The van der Waals surface area contributed by atoms with Crippen LogP contribution in [0, 0.1) is 13.8 Å². The molecule has 0 fully saturated rings. The zero-order chi connectivity index (χ0) is 15.7. The van der Waals surface area contributed by atoms with Crippen molar-refractivity contribution in [1.82, 2.24) is 4.98 Å². The number of carboxylic acids is 1. The van der Waals surface area contributed by atoms with Crippen LogP contribution < -0.4 is 5.32 Å². The zero-order valence-electron chi connectivity index (χ0n) is 12.4. The SMILES string of the molecule is Cc1ccc2cc(C)c(Nc3ccccc3C(=O)O)nc2c1. The fourth-order valence-corrected chi connectivity index (χ4v) is 2.42. The van der Waals surface area contributed by atoms with Crippen molar-refractivity contribution in [3.05, 3.63) is 65.2 Å². The highest BCUT2D eigenvalue weighted by atomic mass is 16.4. The van der Waals surface area contributed by atoms with Crippen molar-refractivity contribution in [1.29, 1.82) is 0 Å². The minimum atomic E-state index is -0.961. The summed E-state index contributed by atoms with van der Waals surface area (Å²) in [5, 5.41) is 13.5. The quantitative estimate of drug-likeness (QED) is 0.755. The Morgan fingerprint density at radius 3 is 2.64 bits per heavy atom. The Balaban J connectivity index is 2.07. The number of fused-ring (bicyclic) bond motifs is 1. The number of aromatic nitrogens is 1. The van der Waals surface area contributed by atoms with Crippen molar-refractivity contribution in [2.45, 2.75) is 13.8 Å². The number of benzene rings is 2. The molecule has 1 aromatic heterocycles. The van der Waals surface area contributed by atoms with E-state index in [4.69, 9.17) is 0 Å². The van der Waals surface area contributed by atoms with Crippen LogP contribution in [-0.2, 0) is 0 Å². The molecular weight excluding hydrogens is 276 g/mol. The topological polar surface area (TPSA) is 62.2 Å². The Kier molecular flexibility index (Phi) is 3.51. The van der Waals surface area contributed by atoms with Gasteiger partial charge in [0.25, 0.3) is 0 Å². The molecule has 110 valence electrons. The number of pyridine rings is 1. The maximum atomic E-state index is 11.3. The average molecular weight is 292 g/mol. The molecule has 0 saturated heterocycles. The lowest BCUT2D eigenvalue weighted by molar-refractivity contribution is 0.0698. The second-order valence-electron chi connectivity index (χ2n) is 5.33. The Morgan fingerprint density at radius 1 is 1.09 bits per heavy atom. The lowest BCUT2D eigenvalue weighted by Gasteiger charge is -2.12. The first-order chi connectivity index (χ1) is 10.5. The summed E-state index contributed by atoms with van der Waals surface area (Å²) >= 11 is 0. The van der Waals surface area contributed by atoms with Crippen LogP contribution in [0.25, 0.3) is 10.9 Å². The van der Waals surface area contributed by atoms with Gasteiger partial charge in [0.2, 0.25) is 0 Å². The van der Waals surface area contributed by atoms with E-state index in [0.29, 0.717) is 11.5 Å². The molecule has 0 aliphatic rings. The van der Waals surface area contributed by atoms with E-state index in [-0.39, 0.29) is 5.56 Å². The van der Waals surface area contributed by atoms with Crippen molar-refractivity contribution in [2.24, 2.45) is 0 Å². The summed E-state index contributed by atoms with van der Waals surface area (Å²) in [6.45, 7) is 3.98. The molecule has 4 heteroatoms. The standard InChI is InChI=1S/C18H16N2O2/c1-11-7-8-13-10-12(2)17(20-16(13)9-11)19-15-6-4-3-5-14(15)18(21)22/h3-10H,1-2H3,(H,19,20)(H,21,22). The number of aromatic carboxylic acids is 1. The number of nitrogens with one attached hydrogen (secondary N) is 1. The number of nitrogens with zero attached hydrogens (tertiary/aromatic N) is 1. The molecule has 3 aromatic rings. The van der Waals surface area contributed by atoms with E-state index in [9.17, 15) is 9.90 Å². The van der Waals surface area contributed by atoms with Gasteiger partial charge in [-0.15, -0.1) is 0 Å².